The number of amides is 1. The van der Waals surface area contributed by atoms with Crippen molar-refractivity contribution in [2.45, 2.75) is 30.4 Å². The lowest BCUT2D eigenvalue weighted by Crippen LogP contribution is -2.26. The number of imidazole rings is 1. The summed E-state index contributed by atoms with van der Waals surface area (Å²) in [5.74, 6) is 1.55. The maximum absolute atomic E-state index is 12.8. The standard InChI is InChI=1S/C30H28N4O2S/c1-21(24-6-4-3-5-7-24)32-29(35)25-12-8-22(9-13-25)19-34-28-18-31-17-16-27(28)33-30(34)37-20-23-10-14-26(36-2)15-11-23/h3-18,21H,19-20H2,1-2H3,(H,32,35). The molecule has 0 aliphatic carbocycles. The summed E-state index contributed by atoms with van der Waals surface area (Å²) in [6.45, 7) is 2.63. The molecule has 0 spiro atoms. The molecule has 0 radical (unpaired) electrons. The number of thioether (sulfide) groups is 1. The maximum Gasteiger partial charge on any atom is 0.251 e. The number of benzene rings is 3. The molecule has 1 N–H and O–H groups in total. The minimum atomic E-state index is -0.0871. The Labute approximate surface area is 220 Å². The van der Waals surface area contributed by atoms with Crippen LogP contribution in [0.3, 0.4) is 0 Å². The largest absolute Gasteiger partial charge is 0.497 e. The van der Waals surface area contributed by atoms with E-state index in [1.807, 2.05) is 85.9 Å². The van der Waals surface area contributed by atoms with Crippen LogP contribution in [0.5, 0.6) is 5.75 Å². The van der Waals surface area contributed by atoms with E-state index < -0.39 is 0 Å². The molecule has 37 heavy (non-hydrogen) atoms. The first-order valence-electron chi connectivity index (χ1n) is 12.1. The van der Waals surface area contributed by atoms with Gasteiger partial charge in [-0.1, -0.05) is 66.4 Å². The summed E-state index contributed by atoms with van der Waals surface area (Å²) in [4.78, 5) is 22.0. The molecule has 1 atom stereocenters. The molecule has 6 nitrogen and oxygen atoms in total. The number of ether oxygens (including phenoxy) is 1. The highest BCUT2D eigenvalue weighted by molar-refractivity contribution is 7.98. The SMILES string of the molecule is COc1ccc(CSc2nc3ccncc3n2Cc2ccc(C(=O)NC(C)c3ccccc3)cc2)cc1. The number of fused-ring (bicyclic) bond motifs is 1. The van der Waals surface area contributed by atoms with Gasteiger partial charge in [-0.15, -0.1) is 0 Å². The molecule has 0 fully saturated rings. The van der Waals surface area contributed by atoms with Gasteiger partial charge in [-0.25, -0.2) is 4.98 Å². The van der Waals surface area contributed by atoms with Crippen LogP contribution in [0.4, 0.5) is 0 Å². The van der Waals surface area contributed by atoms with Crippen LogP contribution in [-0.4, -0.2) is 27.6 Å². The summed E-state index contributed by atoms with van der Waals surface area (Å²) in [5, 5.41) is 4.00. The van der Waals surface area contributed by atoms with E-state index in [4.69, 9.17) is 9.72 Å². The fraction of sp³-hybridized carbons (Fsp3) is 0.167. The molecular weight excluding hydrogens is 480 g/mol. The average Bonchev–Trinajstić information content (AvgIpc) is 3.30. The number of nitrogens with one attached hydrogen (secondary N) is 1. The molecule has 186 valence electrons. The van der Waals surface area contributed by atoms with Crippen molar-refractivity contribution in [1.29, 1.82) is 0 Å². The minimum Gasteiger partial charge on any atom is -0.497 e. The van der Waals surface area contributed by atoms with Crippen molar-refractivity contribution >= 4 is 28.7 Å². The van der Waals surface area contributed by atoms with Gasteiger partial charge in [0.25, 0.3) is 5.91 Å². The summed E-state index contributed by atoms with van der Waals surface area (Å²) >= 11 is 1.69. The van der Waals surface area contributed by atoms with Crippen molar-refractivity contribution in [1.82, 2.24) is 19.9 Å². The van der Waals surface area contributed by atoms with Crippen molar-refractivity contribution in [3.8, 4) is 5.75 Å². The fourth-order valence-electron chi connectivity index (χ4n) is 4.13. The van der Waals surface area contributed by atoms with E-state index in [-0.39, 0.29) is 11.9 Å². The second-order valence-electron chi connectivity index (χ2n) is 8.78. The predicted molar refractivity (Wildman–Crippen MR) is 148 cm³/mol. The van der Waals surface area contributed by atoms with E-state index >= 15 is 0 Å². The minimum absolute atomic E-state index is 0.0662. The molecule has 0 bridgehead atoms. The van der Waals surface area contributed by atoms with E-state index in [9.17, 15) is 4.79 Å². The number of carbonyl (C=O) groups excluding carboxylic acids is 1. The molecule has 7 heteroatoms. The van der Waals surface area contributed by atoms with Crippen LogP contribution in [0.2, 0.25) is 0 Å². The second kappa shape index (κ2) is 11.3. The van der Waals surface area contributed by atoms with Gasteiger partial charge in [0.05, 0.1) is 36.9 Å². The van der Waals surface area contributed by atoms with Crippen molar-refractivity contribution < 1.29 is 9.53 Å². The normalized spacial score (nSPS) is 11.8. The van der Waals surface area contributed by atoms with Gasteiger partial charge in [0.15, 0.2) is 5.16 Å². The monoisotopic (exact) mass is 508 g/mol. The van der Waals surface area contributed by atoms with E-state index in [1.54, 1.807) is 25.1 Å². The Morgan fingerprint density at radius 2 is 1.70 bits per heavy atom. The Bertz CT molecular complexity index is 1480. The highest BCUT2D eigenvalue weighted by Gasteiger charge is 2.14. The molecule has 2 aromatic heterocycles. The average molecular weight is 509 g/mol. The van der Waals surface area contributed by atoms with Gasteiger partial charge in [-0.05, 0) is 53.9 Å². The Morgan fingerprint density at radius 3 is 2.43 bits per heavy atom. The molecular formula is C30H28N4O2S. The molecule has 5 aromatic rings. The number of carbonyl (C=O) groups is 1. The summed E-state index contributed by atoms with van der Waals surface area (Å²) in [6.07, 6.45) is 3.62. The number of hydrogen-bond donors (Lipinski definition) is 1. The zero-order valence-electron chi connectivity index (χ0n) is 20.8. The maximum atomic E-state index is 12.8. The number of pyridine rings is 1. The van der Waals surface area contributed by atoms with Crippen LogP contribution in [-0.2, 0) is 12.3 Å². The topological polar surface area (TPSA) is 69.0 Å². The third-order valence-corrected chi connectivity index (χ3v) is 7.29. The van der Waals surface area contributed by atoms with Crippen LogP contribution < -0.4 is 10.1 Å². The van der Waals surface area contributed by atoms with E-state index in [0.717, 1.165) is 38.8 Å². The van der Waals surface area contributed by atoms with Crippen LogP contribution in [0.25, 0.3) is 11.0 Å². The van der Waals surface area contributed by atoms with E-state index in [2.05, 4.69) is 27.0 Å². The summed E-state index contributed by atoms with van der Waals surface area (Å²) < 4.78 is 7.45. The lowest BCUT2D eigenvalue weighted by molar-refractivity contribution is 0.0940. The number of aromatic nitrogens is 3. The molecule has 1 amide bonds. The summed E-state index contributed by atoms with van der Waals surface area (Å²) in [7, 11) is 1.67. The van der Waals surface area contributed by atoms with Gasteiger partial charge in [0.2, 0.25) is 0 Å². The van der Waals surface area contributed by atoms with Gasteiger partial charge in [-0.2, -0.15) is 0 Å². The lowest BCUT2D eigenvalue weighted by Gasteiger charge is -2.14. The zero-order valence-corrected chi connectivity index (χ0v) is 21.6. The summed E-state index contributed by atoms with van der Waals surface area (Å²) in [5.41, 5.74) is 5.90. The third-order valence-electron chi connectivity index (χ3n) is 6.25. The van der Waals surface area contributed by atoms with Crippen LogP contribution in [0.1, 0.15) is 40.0 Å². The predicted octanol–water partition coefficient (Wildman–Crippen LogP) is 6.27. The number of methoxy groups -OCH3 is 1. The lowest BCUT2D eigenvalue weighted by atomic mass is 10.1. The van der Waals surface area contributed by atoms with Gasteiger partial charge in [-0.3, -0.25) is 9.78 Å². The number of nitrogens with zero attached hydrogens (tertiary/aromatic N) is 3. The molecule has 0 saturated heterocycles. The van der Waals surface area contributed by atoms with Gasteiger partial charge < -0.3 is 14.6 Å². The Hall–Kier alpha value is -4.10. The smallest absolute Gasteiger partial charge is 0.251 e. The van der Waals surface area contributed by atoms with Gasteiger partial charge in [0, 0.05) is 17.5 Å². The van der Waals surface area contributed by atoms with Crippen molar-refractivity contribution in [3.63, 3.8) is 0 Å². The first kappa shape index (κ1) is 24.6. The highest BCUT2D eigenvalue weighted by Crippen LogP contribution is 2.28. The third kappa shape index (κ3) is 5.84. The number of rotatable bonds is 9. The molecule has 3 aromatic carbocycles. The summed E-state index contributed by atoms with van der Waals surface area (Å²) in [6, 6.07) is 27.7. The second-order valence-corrected chi connectivity index (χ2v) is 9.73. The first-order chi connectivity index (χ1) is 18.1. The van der Waals surface area contributed by atoms with Crippen molar-refractivity contribution in [3.05, 3.63) is 120 Å². The first-order valence-corrected chi connectivity index (χ1v) is 13.1. The van der Waals surface area contributed by atoms with Crippen LogP contribution >= 0.6 is 11.8 Å². The Kier molecular flexibility index (Phi) is 7.51. The van der Waals surface area contributed by atoms with E-state index in [0.29, 0.717) is 12.1 Å². The zero-order chi connectivity index (χ0) is 25.6. The fourth-order valence-corrected chi connectivity index (χ4v) is 5.10. The van der Waals surface area contributed by atoms with E-state index in [1.165, 1.54) is 5.56 Å². The molecule has 5 rings (SSSR count). The molecule has 2 heterocycles. The Balaban J connectivity index is 1.31. The quantitative estimate of drug-likeness (QED) is 0.238. The van der Waals surface area contributed by atoms with Crippen LogP contribution in [0.15, 0.2) is 102 Å². The van der Waals surface area contributed by atoms with Crippen molar-refractivity contribution in [2.24, 2.45) is 0 Å². The van der Waals surface area contributed by atoms with Gasteiger partial charge in [0.1, 0.15) is 5.75 Å². The van der Waals surface area contributed by atoms with Crippen molar-refractivity contribution in [2.75, 3.05) is 7.11 Å². The number of hydrogen-bond acceptors (Lipinski definition) is 5. The molecule has 0 saturated carbocycles. The Morgan fingerprint density at radius 1 is 0.973 bits per heavy atom. The van der Waals surface area contributed by atoms with Gasteiger partial charge >= 0.3 is 0 Å². The highest BCUT2D eigenvalue weighted by atomic mass is 32.2. The molecule has 0 aliphatic heterocycles. The molecule has 1 unspecified atom stereocenters. The molecule has 0 aliphatic rings. The van der Waals surface area contributed by atoms with Crippen LogP contribution in [0, 0.1) is 0 Å².